The number of hydrogen-bond acceptors (Lipinski definition) is 4. The van der Waals surface area contributed by atoms with E-state index in [1.54, 1.807) is 0 Å². The molecule has 5 nitrogen and oxygen atoms in total. The predicted octanol–water partition coefficient (Wildman–Crippen LogP) is 2.40. The molecule has 0 aromatic heterocycles. The summed E-state index contributed by atoms with van der Waals surface area (Å²) in [5.74, 6) is -0.390. The molecule has 2 aromatic carbocycles. The number of halogens is 1. The summed E-state index contributed by atoms with van der Waals surface area (Å²) in [6, 6.07) is 13.0. The van der Waals surface area contributed by atoms with Crippen molar-refractivity contribution in [1.82, 2.24) is 4.72 Å². The Morgan fingerprint density at radius 2 is 1.83 bits per heavy atom. The first kappa shape index (κ1) is 15.8. The van der Waals surface area contributed by atoms with Gasteiger partial charge in [-0.15, -0.1) is 0 Å². The van der Waals surface area contributed by atoms with E-state index in [4.69, 9.17) is 16.3 Å². The molecule has 1 aliphatic heterocycles. The van der Waals surface area contributed by atoms with E-state index in [1.807, 2.05) is 24.3 Å². The third-order valence-corrected chi connectivity index (χ3v) is 5.22. The molecule has 0 aliphatic carbocycles. The van der Waals surface area contributed by atoms with Gasteiger partial charge >= 0.3 is 0 Å². The van der Waals surface area contributed by atoms with Crippen molar-refractivity contribution in [1.29, 1.82) is 0 Å². The predicted molar refractivity (Wildman–Crippen MR) is 85.9 cm³/mol. The van der Waals surface area contributed by atoms with Gasteiger partial charge in [0.15, 0.2) is 0 Å². The molecule has 23 heavy (non-hydrogen) atoms. The number of carbonyl (C=O) groups excluding carboxylic acids is 1. The van der Waals surface area contributed by atoms with E-state index in [0.717, 1.165) is 11.3 Å². The zero-order valence-corrected chi connectivity index (χ0v) is 13.6. The average Bonchev–Trinajstić information content (AvgIpc) is 2.54. The zero-order valence-electron chi connectivity index (χ0n) is 12.0. The van der Waals surface area contributed by atoms with E-state index < -0.39 is 21.8 Å². The minimum atomic E-state index is -3.92. The normalized spacial score (nSPS) is 17.0. The molecule has 0 spiro atoms. The Kier molecular flexibility index (Phi) is 4.28. The summed E-state index contributed by atoms with van der Waals surface area (Å²) in [6.07, 6.45) is 0.443. The number of rotatable bonds is 3. The minimum absolute atomic E-state index is 0.00706. The van der Waals surface area contributed by atoms with E-state index in [9.17, 15) is 13.2 Å². The Hall–Kier alpha value is -2.05. The number of hydrogen-bond donors (Lipinski definition) is 1. The first-order valence-corrected chi connectivity index (χ1v) is 8.85. The summed E-state index contributed by atoms with van der Waals surface area (Å²) in [5.41, 5.74) is 0.891. The molecule has 0 fully saturated rings. The molecule has 3 rings (SSSR count). The lowest BCUT2D eigenvalue weighted by Gasteiger charge is -2.24. The number of ether oxygens (including phenoxy) is 1. The minimum Gasteiger partial charge on any atom is -0.492 e. The molecule has 1 atom stereocenters. The zero-order chi connectivity index (χ0) is 16.4. The van der Waals surface area contributed by atoms with Crippen LogP contribution in [-0.2, 0) is 21.2 Å². The van der Waals surface area contributed by atoms with Gasteiger partial charge in [-0.2, -0.15) is 0 Å². The summed E-state index contributed by atoms with van der Waals surface area (Å²) in [7, 11) is -3.92. The lowest BCUT2D eigenvalue weighted by atomic mass is 9.96. The summed E-state index contributed by atoms with van der Waals surface area (Å²) in [4.78, 5) is 12.3. The van der Waals surface area contributed by atoms with Crippen molar-refractivity contribution in [3.8, 4) is 5.75 Å². The average molecular weight is 352 g/mol. The fourth-order valence-electron chi connectivity index (χ4n) is 2.38. The first-order valence-electron chi connectivity index (χ1n) is 6.98. The third kappa shape index (κ3) is 3.48. The van der Waals surface area contributed by atoms with Crippen LogP contribution >= 0.6 is 11.6 Å². The van der Waals surface area contributed by atoms with E-state index in [-0.39, 0.29) is 11.5 Å². The van der Waals surface area contributed by atoms with Gasteiger partial charge < -0.3 is 4.74 Å². The number of sulfonamides is 1. The molecular formula is C16H14ClNO4S. The lowest BCUT2D eigenvalue weighted by Crippen LogP contribution is -2.40. The largest absolute Gasteiger partial charge is 0.492 e. The quantitative estimate of drug-likeness (QED) is 0.921. The smallest absolute Gasteiger partial charge is 0.264 e. The van der Waals surface area contributed by atoms with Gasteiger partial charge in [-0.05, 0) is 42.3 Å². The third-order valence-electron chi connectivity index (χ3n) is 3.61. The molecule has 0 saturated carbocycles. The molecule has 120 valence electrons. The molecule has 1 N–H and O–H groups in total. The number of para-hydroxylation sites is 1. The highest BCUT2D eigenvalue weighted by Gasteiger charge is 2.29. The number of benzene rings is 2. The maximum absolute atomic E-state index is 12.3. The standard InChI is InChI=1S/C16H14ClNO4S/c17-13-5-7-14(8-6-13)23(20,21)18-16(19)12-9-11-3-1-2-4-15(11)22-10-12/h1-8,12H,9-10H2,(H,18,19). The van der Waals surface area contributed by atoms with Gasteiger partial charge in [-0.1, -0.05) is 29.8 Å². The van der Waals surface area contributed by atoms with Crippen LogP contribution in [0.3, 0.4) is 0 Å². The van der Waals surface area contributed by atoms with Crippen LogP contribution in [0.1, 0.15) is 5.56 Å². The molecule has 7 heteroatoms. The van der Waals surface area contributed by atoms with Crippen LogP contribution in [0.5, 0.6) is 5.75 Å². The Balaban J connectivity index is 1.73. The van der Waals surface area contributed by atoms with Crippen LogP contribution in [0.15, 0.2) is 53.4 Å². The van der Waals surface area contributed by atoms with E-state index in [2.05, 4.69) is 4.72 Å². The van der Waals surface area contributed by atoms with Crippen molar-refractivity contribution < 1.29 is 17.9 Å². The molecule has 2 aromatic rings. The molecule has 1 amide bonds. The summed E-state index contributed by atoms with van der Waals surface area (Å²) >= 11 is 5.74. The van der Waals surface area contributed by atoms with Crippen molar-refractivity contribution in [2.75, 3.05) is 6.61 Å². The number of nitrogens with one attached hydrogen (secondary N) is 1. The van der Waals surface area contributed by atoms with Gasteiger partial charge in [0.1, 0.15) is 12.4 Å². The maximum atomic E-state index is 12.3. The van der Waals surface area contributed by atoms with E-state index in [0.29, 0.717) is 11.4 Å². The van der Waals surface area contributed by atoms with Gasteiger partial charge in [0.2, 0.25) is 5.91 Å². The SMILES string of the molecule is O=C(NS(=O)(=O)c1ccc(Cl)cc1)C1COc2ccccc2C1. The van der Waals surface area contributed by atoms with Gasteiger partial charge in [-0.25, -0.2) is 13.1 Å². The molecule has 1 heterocycles. The van der Waals surface area contributed by atoms with Gasteiger partial charge in [0.25, 0.3) is 10.0 Å². The molecular weight excluding hydrogens is 338 g/mol. The van der Waals surface area contributed by atoms with Crippen LogP contribution in [0, 0.1) is 5.92 Å². The maximum Gasteiger partial charge on any atom is 0.264 e. The van der Waals surface area contributed by atoms with E-state index >= 15 is 0 Å². The molecule has 0 saturated heterocycles. The molecule has 0 radical (unpaired) electrons. The van der Waals surface area contributed by atoms with Crippen LogP contribution in [-0.4, -0.2) is 20.9 Å². The van der Waals surface area contributed by atoms with Crippen molar-refractivity contribution in [2.45, 2.75) is 11.3 Å². The second kappa shape index (κ2) is 6.22. The fraction of sp³-hybridized carbons (Fsp3) is 0.188. The topological polar surface area (TPSA) is 72.5 Å². The number of amides is 1. The monoisotopic (exact) mass is 351 g/mol. The highest BCUT2D eigenvalue weighted by Crippen LogP contribution is 2.27. The van der Waals surface area contributed by atoms with Crippen LogP contribution in [0.4, 0.5) is 0 Å². The molecule has 1 unspecified atom stereocenters. The Morgan fingerprint density at radius 3 is 2.57 bits per heavy atom. The van der Waals surface area contributed by atoms with Crippen molar-refractivity contribution in [2.24, 2.45) is 5.92 Å². The summed E-state index contributed by atoms with van der Waals surface area (Å²) < 4.78 is 32.1. The number of fused-ring (bicyclic) bond motifs is 1. The van der Waals surface area contributed by atoms with Gasteiger partial charge in [0.05, 0.1) is 10.8 Å². The van der Waals surface area contributed by atoms with Crippen LogP contribution < -0.4 is 9.46 Å². The lowest BCUT2D eigenvalue weighted by molar-refractivity contribution is -0.124. The van der Waals surface area contributed by atoms with Crippen molar-refractivity contribution >= 4 is 27.5 Å². The summed E-state index contributed by atoms with van der Waals surface area (Å²) in [6.45, 7) is 0.152. The van der Waals surface area contributed by atoms with Gasteiger partial charge in [0, 0.05) is 5.02 Å². The van der Waals surface area contributed by atoms with Crippen LogP contribution in [0.25, 0.3) is 0 Å². The second-order valence-electron chi connectivity index (χ2n) is 5.24. The Bertz CT molecular complexity index is 833. The highest BCUT2D eigenvalue weighted by molar-refractivity contribution is 7.90. The molecule has 0 bridgehead atoms. The fourth-order valence-corrected chi connectivity index (χ4v) is 3.55. The van der Waals surface area contributed by atoms with Crippen molar-refractivity contribution in [3.05, 3.63) is 59.1 Å². The van der Waals surface area contributed by atoms with Gasteiger partial charge in [-0.3, -0.25) is 4.79 Å². The highest BCUT2D eigenvalue weighted by atomic mass is 35.5. The number of carbonyl (C=O) groups is 1. The van der Waals surface area contributed by atoms with Crippen molar-refractivity contribution in [3.63, 3.8) is 0 Å². The van der Waals surface area contributed by atoms with E-state index in [1.165, 1.54) is 24.3 Å². The molecule has 1 aliphatic rings. The Morgan fingerprint density at radius 1 is 1.13 bits per heavy atom. The first-order chi connectivity index (χ1) is 11.0. The van der Waals surface area contributed by atoms with Crippen LogP contribution in [0.2, 0.25) is 5.02 Å². The second-order valence-corrected chi connectivity index (χ2v) is 7.36. The Labute approximate surface area is 139 Å². The summed E-state index contributed by atoms with van der Waals surface area (Å²) in [5, 5.41) is 0.424.